The second kappa shape index (κ2) is 6.31. The molecule has 2 rings (SSSR count). The number of halogens is 1. The smallest absolute Gasteiger partial charge is 0.303 e. The maximum atomic E-state index is 12.6. The highest BCUT2D eigenvalue weighted by molar-refractivity contribution is 6.31. The van der Waals surface area contributed by atoms with E-state index in [2.05, 4.69) is 0 Å². The van der Waals surface area contributed by atoms with Crippen LogP contribution in [0, 0.1) is 0 Å². The van der Waals surface area contributed by atoms with Gasteiger partial charge in [0.15, 0.2) is 0 Å². The summed E-state index contributed by atoms with van der Waals surface area (Å²) in [6, 6.07) is 1.67. The molecule has 6 heteroatoms. The molecule has 20 heavy (non-hydrogen) atoms. The lowest BCUT2D eigenvalue weighted by molar-refractivity contribution is -0.137. The second-order valence-electron chi connectivity index (χ2n) is 5.24. The molecule has 0 aliphatic carbocycles. The van der Waals surface area contributed by atoms with Crippen molar-refractivity contribution in [3.63, 3.8) is 0 Å². The maximum Gasteiger partial charge on any atom is 0.303 e. The first-order chi connectivity index (χ1) is 9.49. The summed E-state index contributed by atoms with van der Waals surface area (Å²) in [7, 11) is 1.79. The van der Waals surface area contributed by atoms with Crippen LogP contribution in [0.15, 0.2) is 12.3 Å². The molecule has 1 N–H and O–H groups in total. The number of nitrogens with zero attached hydrogens (tertiary/aromatic N) is 2. The van der Waals surface area contributed by atoms with Gasteiger partial charge in [-0.3, -0.25) is 9.59 Å². The van der Waals surface area contributed by atoms with E-state index in [1.54, 1.807) is 28.8 Å². The van der Waals surface area contributed by atoms with Crippen LogP contribution in [0.25, 0.3) is 0 Å². The van der Waals surface area contributed by atoms with Gasteiger partial charge in [-0.1, -0.05) is 11.6 Å². The molecule has 1 aliphatic rings. The molecule has 110 valence electrons. The zero-order valence-corrected chi connectivity index (χ0v) is 12.3. The van der Waals surface area contributed by atoms with E-state index in [0.29, 0.717) is 23.7 Å². The van der Waals surface area contributed by atoms with Crippen LogP contribution in [0.1, 0.15) is 42.6 Å². The van der Waals surface area contributed by atoms with Gasteiger partial charge in [0.1, 0.15) is 5.69 Å². The van der Waals surface area contributed by atoms with Gasteiger partial charge in [-0.2, -0.15) is 0 Å². The van der Waals surface area contributed by atoms with Gasteiger partial charge in [-0.15, -0.1) is 0 Å². The molecular formula is C14H19ClN2O3. The lowest BCUT2D eigenvalue weighted by atomic mass is 9.97. The predicted molar refractivity (Wildman–Crippen MR) is 76.0 cm³/mol. The van der Waals surface area contributed by atoms with Gasteiger partial charge < -0.3 is 14.6 Å². The quantitative estimate of drug-likeness (QED) is 0.929. The van der Waals surface area contributed by atoms with Gasteiger partial charge in [0, 0.05) is 32.3 Å². The molecule has 2 heterocycles. The summed E-state index contributed by atoms with van der Waals surface area (Å²) in [6.45, 7) is 0.686. The number of carbonyl (C=O) groups is 2. The molecule has 1 aromatic rings. The van der Waals surface area contributed by atoms with Crippen LogP contribution in [-0.2, 0) is 11.8 Å². The number of aromatic nitrogens is 1. The lowest BCUT2D eigenvalue weighted by Gasteiger charge is -2.35. The Hall–Kier alpha value is -1.49. The van der Waals surface area contributed by atoms with Crippen molar-refractivity contribution in [1.29, 1.82) is 0 Å². The average Bonchev–Trinajstić information content (AvgIpc) is 2.75. The molecule has 0 unspecified atom stereocenters. The summed E-state index contributed by atoms with van der Waals surface area (Å²) >= 11 is 5.92. The number of aryl methyl sites for hydroxylation is 1. The van der Waals surface area contributed by atoms with Crippen molar-refractivity contribution in [3.05, 3.63) is 23.0 Å². The molecule has 0 aromatic carbocycles. The molecular weight excluding hydrogens is 280 g/mol. The fourth-order valence-electron chi connectivity index (χ4n) is 2.74. The third-order valence-corrected chi connectivity index (χ3v) is 3.98. The number of hydrogen-bond donors (Lipinski definition) is 1. The lowest BCUT2D eigenvalue weighted by Crippen LogP contribution is -2.44. The predicted octanol–water partition coefficient (Wildman–Crippen LogP) is 2.54. The molecule has 1 aliphatic heterocycles. The van der Waals surface area contributed by atoms with E-state index in [-0.39, 0.29) is 18.4 Å². The molecule has 1 saturated heterocycles. The second-order valence-corrected chi connectivity index (χ2v) is 5.67. The third kappa shape index (κ3) is 3.33. The fourth-order valence-corrected chi connectivity index (χ4v) is 2.99. The molecule has 1 fully saturated rings. The molecule has 0 bridgehead atoms. The minimum Gasteiger partial charge on any atom is -0.481 e. The number of carboxylic acid groups (broad SMARTS) is 1. The van der Waals surface area contributed by atoms with E-state index in [0.717, 1.165) is 19.3 Å². The first-order valence-corrected chi connectivity index (χ1v) is 7.21. The third-order valence-electron chi connectivity index (χ3n) is 3.77. The Labute approximate surface area is 123 Å². The van der Waals surface area contributed by atoms with E-state index < -0.39 is 5.97 Å². The van der Waals surface area contributed by atoms with Gasteiger partial charge in [0.05, 0.1) is 5.02 Å². The summed E-state index contributed by atoms with van der Waals surface area (Å²) < 4.78 is 1.72. The number of carbonyl (C=O) groups excluding carboxylic acids is 1. The Kier molecular flexibility index (Phi) is 4.70. The summed E-state index contributed by atoms with van der Waals surface area (Å²) in [5.74, 6) is -0.876. The number of hydrogen-bond acceptors (Lipinski definition) is 2. The van der Waals surface area contributed by atoms with Crippen molar-refractivity contribution in [2.45, 2.75) is 38.1 Å². The number of piperidine rings is 1. The van der Waals surface area contributed by atoms with Gasteiger partial charge in [-0.05, 0) is 31.7 Å². The number of amides is 1. The van der Waals surface area contributed by atoms with Gasteiger partial charge in [0.25, 0.3) is 5.91 Å². The van der Waals surface area contributed by atoms with Crippen LogP contribution in [0.2, 0.25) is 5.02 Å². The summed E-state index contributed by atoms with van der Waals surface area (Å²) in [6.07, 6.45) is 5.19. The molecule has 0 spiro atoms. The monoisotopic (exact) mass is 298 g/mol. The molecule has 0 saturated carbocycles. The van der Waals surface area contributed by atoms with Gasteiger partial charge in [-0.25, -0.2) is 0 Å². The van der Waals surface area contributed by atoms with E-state index in [9.17, 15) is 9.59 Å². The highest BCUT2D eigenvalue weighted by Crippen LogP contribution is 2.24. The SMILES string of the molecule is Cn1cc(Cl)cc1C(=O)N1CCCC[C@H]1CCC(=O)O. The van der Waals surface area contributed by atoms with E-state index in [1.165, 1.54) is 0 Å². The normalized spacial score (nSPS) is 19.1. The standard InChI is InChI=1S/C14H19ClN2O3/c1-16-9-10(15)8-12(16)14(20)17-7-3-2-4-11(17)5-6-13(18)19/h8-9,11H,2-7H2,1H3,(H,18,19)/t11-/m0/s1. The topological polar surface area (TPSA) is 62.5 Å². The van der Waals surface area contributed by atoms with Crippen molar-refractivity contribution in [3.8, 4) is 0 Å². The van der Waals surface area contributed by atoms with Gasteiger partial charge in [0.2, 0.25) is 0 Å². The highest BCUT2D eigenvalue weighted by atomic mass is 35.5. The summed E-state index contributed by atoms with van der Waals surface area (Å²) in [4.78, 5) is 25.1. The summed E-state index contributed by atoms with van der Waals surface area (Å²) in [5, 5.41) is 9.35. The average molecular weight is 299 g/mol. The molecule has 5 nitrogen and oxygen atoms in total. The Balaban J connectivity index is 2.12. The first-order valence-electron chi connectivity index (χ1n) is 6.83. The zero-order chi connectivity index (χ0) is 14.7. The van der Waals surface area contributed by atoms with E-state index >= 15 is 0 Å². The number of carboxylic acids is 1. The number of rotatable bonds is 4. The van der Waals surface area contributed by atoms with Crippen LogP contribution in [0.3, 0.4) is 0 Å². The molecule has 1 amide bonds. The minimum absolute atomic E-state index is 0.0148. The molecule has 1 aromatic heterocycles. The van der Waals surface area contributed by atoms with Crippen molar-refractivity contribution in [2.24, 2.45) is 7.05 Å². The van der Waals surface area contributed by atoms with Gasteiger partial charge >= 0.3 is 5.97 Å². The van der Waals surface area contributed by atoms with Crippen molar-refractivity contribution in [1.82, 2.24) is 9.47 Å². The van der Waals surface area contributed by atoms with Crippen LogP contribution in [0.5, 0.6) is 0 Å². The number of likely N-dealkylation sites (tertiary alicyclic amines) is 1. The minimum atomic E-state index is -0.815. The molecule has 1 atom stereocenters. The fraction of sp³-hybridized carbons (Fsp3) is 0.571. The molecule has 0 radical (unpaired) electrons. The Morgan fingerprint density at radius 2 is 2.20 bits per heavy atom. The van der Waals surface area contributed by atoms with Crippen LogP contribution < -0.4 is 0 Å². The maximum absolute atomic E-state index is 12.6. The van der Waals surface area contributed by atoms with Crippen molar-refractivity contribution >= 4 is 23.5 Å². The Morgan fingerprint density at radius 3 is 2.80 bits per heavy atom. The zero-order valence-electron chi connectivity index (χ0n) is 11.5. The van der Waals surface area contributed by atoms with E-state index in [4.69, 9.17) is 16.7 Å². The highest BCUT2D eigenvalue weighted by Gasteiger charge is 2.29. The van der Waals surface area contributed by atoms with Crippen molar-refractivity contribution < 1.29 is 14.7 Å². The van der Waals surface area contributed by atoms with E-state index in [1.807, 2.05) is 0 Å². The first kappa shape index (κ1) is 14.9. The largest absolute Gasteiger partial charge is 0.481 e. The van der Waals surface area contributed by atoms with Crippen molar-refractivity contribution in [2.75, 3.05) is 6.54 Å². The van der Waals surface area contributed by atoms with Crippen LogP contribution in [-0.4, -0.2) is 39.0 Å². The Morgan fingerprint density at radius 1 is 1.45 bits per heavy atom. The van der Waals surface area contributed by atoms with Crippen LogP contribution in [0.4, 0.5) is 0 Å². The number of aliphatic carboxylic acids is 1. The summed E-state index contributed by atoms with van der Waals surface area (Å²) in [5.41, 5.74) is 0.553. The van der Waals surface area contributed by atoms with Crippen LogP contribution >= 0.6 is 11.6 Å². The Bertz CT molecular complexity index is 513.